The van der Waals surface area contributed by atoms with Gasteiger partial charge in [0.15, 0.2) is 5.82 Å². The van der Waals surface area contributed by atoms with Crippen molar-refractivity contribution in [2.45, 2.75) is 32.5 Å². The molecule has 0 amide bonds. The first-order chi connectivity index (χ1) is 9.19. The molecule has 1 aromatic heterocycles. The van der Waals surface area contributed by atoms with Crippen molar-refractivity contribution in [3.8, 4) is 0 Å². The molecule has 1 fully saturated rings. The van der Waals surface area contributed by atoms with Crippen LogP contribution in [0.5, 0.6) is 0 Å². The van der Waals surface area contributed by atoms with E-state index in [-0.39, 0.29) is 11.9 Å². The number of aromatic nitrogens is 2. The third-order valence-corrected chi connectivity index (χ3v) is 3.74. The normalized spacial score (nSPS) is 20.5. The van der Waals surface area contributed by atoms with E-state index < -0.39 is 0 Å². The van der Waals surface area contributed by atoms with Gasteiger partial charge in [-0.2, -0.15) is 0 Å². The molecule has 0 spiro atoms. The number of imidazole rings is 1. The highest BCUT2D eigenvalue weighted by atomic mass is 19.1. The van der Waals surface area contributed by atoms with Gasteiger partial charge in [0.25, 0.3) is 0 Å². The van der Waals surface area contributed by atoms with Crippen molar-refractivity contribution in [1.29, 1.82) is 0 Å². The summed E-state index contributed by atoms with van der Waals surface area (Å²) in [6, 6.07) is 5.06. The molecule has 2 aromatic rings. The highest BCUT2D eigenvalue weighted by Gasteiger charge is 2.22. The van der Waals surface area contributed by atoms with Gasteiger partial charge in [0.1, 0.15) is 11.3 Å². The molecule has 0 saturated carbocycles. The maximum atomic E-state index is 13.8. The average molecular weight is 263 g/mol. The molecular formula is C14H18FN3O. The second kappa shape index (κ2) is 4.90. The molecule has 2 heterocycles. The predicted molar refractivity (Wildman–Crippen MR) is 71.3 cm³/mol. The minimum Gasteiger partial charge on any atom is -0.392 e. The van der Waals surface area contributed by atoms with Gasteiger partial charge in [0, 0.05) is 19.6 Å². The van der Waals surface area contributed by atoms with E-state index in [4.69, 9.17) is 0 Å². The van der Waals surface area contributed by atoms with Gasteiger partial charge in [-0.3, -0.25) is 4.90 Å². The van der Waals surface area contributed by atoms with Crippen LogP contribution in [0.1, 0.15) is 19.2 Å². The summed E-state index contributed by atoms with van der Waals surface area (Å²) in [5.41, 5.74) is 1.29. The van der Waals surface area contributed by atoms with Crippen LogP contribution in [0.15, 0.2) is 18.2 Å². The van der Waals surface area contributed by atoms with Crippen molar-refractivity contribution in [3.05, 3.63) is 29.8 Å². The van der Waals surface area contributed by atoms with Gasteiger partial charge in [-0.15, -0.1) is 0 Å². The summed E-state index contributed by atoms with van der Waals surface area (Å²) in [4.78, 5) is 6.60. The standard InChI is InChI=1S/C14H18FN3O/c1-2-18-12-5-3-4-11(15)14(12)16-13(18)9-17-7-6-10(19)8-17/h3-5,10,19H,2,6-9H2,1H3/t10-/m0/s1. The van der Waals surface area contributed by atoms with Crippen LogP contribution in [0, 0.1) is 5.82 Å². The van der Waals surface area contributed by atoms with Crippen molar-refractivity contribution in [1.82, 2.24) is 14.5 Å². The maximum Gasteiger partial charge on any atom is 0.151 e. The molecule has 0 radical (unpaired) electrons. The zero-order chi connectivity index (χ0) is 13.4. The Labute approximate surface area is 111 Å². The first-order valence-corrected chi connectivity index (χ1v) is 6.73. The number of fused-ring (bicyclic) bond motifs is 1. The lowest BCUT2D eigenvalue weighted by atomic mass is 10.3. The number of likely N-dealkylation sites (tertiary alicyclic amines) is 1. The smallest absolute Gasteiger partial charge is 0.151 e. The molecule has 3 rings (SSSR count). The first kappa shape index (κ1) is 12.6. The van der Waals surface area contributed by atoms with Crippen LogP contribution < -0.4 is 0 Å². The molecule has 1 aliphatic rings. The molecule has 1 N–H and O–H groups in total. The molecule has 0 bridgehead atoms. The molecule has 1 aliphatic heterocycles. The fourth-order valence-corrected chi connectivity index (χ4v) is 2.79. The molecule has 102 valence electrons. The van der Waals surface area contributed by atoms with E-state index in [1.54, 1.807) is 6.07 Å². The predicted octanol–water partition coefficient (Wildman–Crippen LogP) is 1.76. The third-order valence-electron chi connectivity index (χ3n) is 3.74. The van der Waals surface area contributed by atoms with Crippen LogP contribution >= 0.6 is 0 Å². The number of halogens is 1. The molecule has 1 atom stereocenters. The highest BCUT2D eigenvalue weighted by molar-refractivity contribution is 5.76. The molecular weight excluding hydrogens is 245 g/mol. The molecule has 0 aliphatic carbocycles. The number of nitrogens with zero attached hydrogens (tertiary/aromatic N) is 3. The Morgan fingerprint density at radius 1 is 1.47 bits per heavy atom. The van der Waals surface area contributed by atoms with Crippen molar-refractivity contribution < 1.29 is 9.50 Å². The minimum absolute atomic E-state index is 0.240. The van der Waals surface area contributed by atoms with Crippen LogP contribution in [0.25, 0.3) is 11.0 Å². The van der Waals surface area contributed by atoms with Gasteiger partial charge in [-0.1, -0.05) is 6.07 Å². The zero-order valence-corrected chi connectivity index (χ0v) is 11.0. The SMILES string of the molecule is CCn1c(CN2CC[C@H](O)C2)nc2c(F)cccc21. The number of hydrogen-bond donors (Lipinski definition) is 1. The van der Waals surface area contributed by atoms with E-state index in [1.807, 2.05) is 17.6 Å². The van der Waals surface area contributed by atoms with Crippen molar-refractivity contribution >= 4 is 11.0 Å². The molecule has 1 aromatic carbocycles. The quantitative estimate of drug-likeness (QED) is 0.917. The summed E-state index contributed by atoms with van der Waals surface area (Å²) in [6.07, 6.45) is 0.567. The van der Waals surface area contributed by atoms with E-state index in [9.17, 15) is 9.50 Å². The zero-order valence-electron chi connectivity index (χ0n) is 11.0. The third kappa shape index (κ3) is 2.24. The lowest BCUT2D eigenvalue weighted by molar-refractivity contribution is 0.173. The van der Waals surface area contributed by atoms with E-state index >= 15 is 0 Å². The average Bonchev–Trinajstić information content (AvgIpc) is 2.94. The van der Waals surface area contributed by atoms with Crippen LogP contribution in [-0.4, -0.2) is 38.8 Å². The van der Waals surface area contributed by atoms with E-state index in [1.165, 1.54) is 6.07 Å². The van der Waals surface area contributed by atoms with Gasteiger partial charge < -0.3 is 9.67 Å². The molecule has 1 saturated heterocycles. The number of aliphatic hydroxyl groups is 1. The highest BCUT2D eigenvalue weighted by Crippen LogP contribution is 2.21. The molecule has 19 heavy (non-hydrogen) atoms. The van der Waals surface area contributed by atoms with Gasteiger partial charge in [-0.25, -0.2) is 9.37 Å². The maximum absolute atomic E-state index is 13.8. The van der Waals surface area contributed by atoms with Crippen molar-refractivity contribution in [2.75, 3.05) is 13.1 Å². The largest absolute Gasteiger partial charge is 0.392 e. The van der Waals surface area contributed by atoms with Crippen molar-refractivity contribution in [2.24, 2.45) is 0 Å². The Balaban J connectivity index is 1.96. The van der Waals surface area contributed by atoms with Crippen LogP contribution in [-0.2, 0) is 13.1 Å². The molecule has 5 heteroatoms. The Morgan fingerprint density at radius 2 is 2.32 bits per heavy atom. The number of hydrogen-bond acceptors (Lipinski definition) is 3. The summed E-state index contributed by atoms with van der Waals surface area (Å²) in [6.45, 7) is 5.02. The lowest BCUT2D eigenvalue weighted by Crippen LogP contribution is -2.23. The second-order valence-corrected chi connectivity index (χ2v) is 5.06. The Morgan fingerprint density at radius 3 is 3.00 bits per heavy atom. The summed E-state index contributed by atoms with van der Waals surface area (Å²) >= 11 is 0. The summed E-state index contributed by atoms with van der Waals surface area (Å²) in [5, 5.41) is 9.56. The van der Waals surface area contributed by atoms with Crippen molar-refractivity contribution in [3.63, 3.8) is 0 Å². The van der Waals surface area contributed by atoms with Gasteiger partial charge >= 0.3 is 0 Å². The second-order valence-electron chi connectivity index (χ2n) is 5.06. The Hall–Kier alpha value is -1.46. The number of β-amino-alcohol motifs (C(OH)–C–C–N with tert-alkyl or cyclic N) is 1. The van der Waals surface area contributed by atoms with E-state index in [2.05, 4.69) is 9.88 Å². The van der Waals surface area contributed by atoms with E-state index in [0.717, 1.165) is 30.9 Å². The van der Waals surface area contributed by atoms with Crippen LogP contribution in [0.3, 0.4) is 0 Å². The van der Waals surface area contributed by atoms with E-state index in [0.29, 0.717) is 18.6 Å². The van der Waals surface area contributed by atoms with Gasteiger partial charge in [0.2, 0.25) is 0 Å². The topological polar surface area (TPSA) is 41.3 Å². The lowest BCUT2D eigenvalue weighted by Gasteiger charge is -2.15. The molecule has 0 unspecified atom stereocenters. The number of rotatable bonds is 3. The van der Waals surface area contributed by atoms with Crippen LogP contribution in [0.4, 0.5) is 4.39 Å². The van der Waals surface area contributed by atoms with Crippen LogP contribution in [0.2, 0.25) is 0 Å². The number of benzene rings is 1. The summed E-state index contributed by atoms with van der Waals surface area (Å²) in [5.74, 6) is 0.601. The Bertz CT molecular complexity index is 596. The monoisotopic (exact) mass is 263 g/mol. The van der Waals surface area contributed by atoms with Gasteiger partial charge in [-0.05, 0) is 25.5 Å². The fourth-order valence-electron chi connectivity index (χ4n) is 2.79. The first-order valence-electron chi connectivity index (χ1n) is 6.73. The fraction of sp³-hybridized carbons (Fsp3) is 0.500. The Kier molecular flexibility index (Phi) is 3.24. The minimum atomic E-state index is -0.271. The number of para-hydroxylation sites is 1. The number of aryl methyl sites for hydroxylation is 1. The van der Waals surface area contributed by atoms with Gasteiger partial charge in [0.05, 0.1) is 18.2 Å². The summed E-state index contributed by atoms with van der Waals surface area (Å²) < 4.78 is 15.8. The number of aliphatic hydroxyl groups excluding tert-OH is 1. The summed E-state index contributed by atoms with van der Waals surface area (Å²) in [7, 11) is 0. The molecule has 4 nitrogen and oxygen atoms in total.